The third kappa shape index (κ3) is 4.44. The van der Waals surface area contributed by atoms with E-state index in [0.717, 1.165) is 16.5 Å². The fourth-order valence-corrected chi connectivity index (χ4v) is 4.22. The molecule has 170 valence electrons. The molecule has 0 spiro atoms. The van der Waals surface area contributed by atoms with Gasteiger partial charge in [-0.3, -0.25) is 14.6 Å². The number of aryl methyl sites for hydroxylation is 2. The highest BCUT2D eigenvalue weighted by Gasteiger charge is 2.29. The maximum Gasteiger partial charge on any atom is 0.266 e. The minimum atomic E-state index is -0.439. The van der Waals surface area contributed by atoms with E-state index >= 15 is 0 Å². The van der Waals surface area contributed by atoms with Gasteiger partial charge in [-0.15, -0.1) is 0 Å². The second-order valence-electron chi connectivity index (χ2n) is 8.46. The summed E-state index contributed by atoms with van der Waals surface area (Å²) in [5, 5.41) is 1.56. The van der Waals surface area contributed by atoms with Crippen LogP contribution in [0, 0.1) is 13.8 Å². The maximum atomic E-state index is 14.0. The lowest BCUT2D eigenvalue weighted by molar-refractivity contribution is 0.0897. The van der Waals surface area contributed by atoms with Crippen LogP contribution in [-0.4, -0.2) is 21.8 Å². The van der Waals surface area contributed by atoms with Crippen molar-refractivity contribution < 1.29 is 9.59 Å². The van der Waals surface area contributed by atoms with E-state index in [2.05, 4.69) is 4.98 Å². The van der Waals surface area contributed by atoms with Gasteiger partial charge < -0.3 is 0 Å². The largest absolute Gasteiger partial charge is 0.268 e. The molecular formula is C30H23N3O2. The Bertz CT molecular complexity index is 1530. The number of carbonyl (C=O) groups excluding carboxylic acids is 2. The molecular weight excluding hydrogens is 434 g/mol. The van der Waals surface area contributed by atoms with Crippen LogP contribution in [0.3, 0.4) is 0 Å². The molecule has 2 amide bonds. The number of amides is 2. The number of hydrogen-bond acceptors (Lipinski definition) is 4. The molecule has 0 fully saturated rings. The molecule has 0 saturated carbocycles. The zero-order valence-corrected chi connectivity index (χ0v) is 19.5. The second kappa shape index (κ2) is 9.31. The average Bonchev–Trinajstić information content (AvgIpc) is 2.89. The van der Waals surface area contributed by atoms with Gasteiger partial charge in [-0.05, 0) is 61.7 Å². The number of benzene rings is 3. The molecule has 5 nitrogen and oxygen atoms in total. The zero-order chi connectivity index (χ0) is 24.4. The first kappa shape index (κ1) is 22.2. The molecule has 0 aliphatic heterocycles. The van der Waals surface area contributed by atoms with E-state index in [-0.39, 0.29) is 5.82 Å². The topological polar surface area (TPSA) is 63.2 Å². The minimum Gasteiger partial charge on any atom is -0.268 e. The molecule has 0 bridgehead atoms. The van der Waals surface area contributed by atoms with Gasteiger partial charge in [0.15, 0.2) is 5.82 Å². The van der Waals surface area contributed by atoms with E-state index in [4.69, 9.17) is 4.98 Å². The first-order valence-electron chi connectivity index (χ1n) is 11.3. The highest BCUT2D eigenvalue weighted by Crippen LogP contribution is 2.31. The maximum absolute atomic E-state index is 14.0. The number of pyridine rings is 2. The minimum absolute atomic E-state index is 0.279. The van der Waals surface area contributed by atoms with E-state index in [0.29, 0.717) is 27.9 Å². The van der Waals surface area contributed by atoms with Crippen LogP contribution >= 0.6 is 0 Å². The first-order chi connectivity index (χ1) is 17.0. The Morgan fingerprint density at radius 3 is 2.03 bits per heavy atom. The lowest BCUT2D eigenvalue weighted by Gasteiger charge is -2.23. The lowest BCUT2D eigenvalue weighted by atomic mass is 10.0. The molecule has 5 aromatic rings. The van der Waals surface area contributed by atoms with Crippen LogP contribution in [0.5, 0.6) is 0 Å². The fourth-order valence-electron chi connectivity index (χ4n) is 4.22. The molecule has 0 saturated heterocycles. The smallest absolute Gasteiger partial charge is 0.266 e. The van der Waals surface area contributed by atoms with E-state index in [1.54, 1.807) is 42.6 Å². The second-order valence-corrected chi connectivity index (χ2v) is 8.46. The summed E-state index contributed by atoms with van der Waals surface area (Å²) in [7, 11) is 0. The molecule has 2 aromatic heterocycles. The monoisotopic (exact) mass is 457 g/mol. The van der Waals surface area contributed by atoms with Gasteiger partial charge in [0.1, 0.15) is 0 Å². The predicted octanol–water partition coefficient (Wildman–Crippen LogP) is 6.40. The number of hydrogen-bond donors (Lipinski definition) is 0. The Labute approximate surface area is 203 Å². The number of carbonyl (C=O) groups is 2. The summed E-state index contributed by atoms with van der Waals surface area (Å²) >= 11 is 0. The number of rotatable bonds is 4. The van der Waals surface area contributed by atoms with Crippen molar-refractivity contribution >= 4 is 28.4 Å². The van der Waals surface area contributed by atoms with Crippen LogP contribution < -0.4 is 4.90 Å². The van der Waals surface area contributed by atoms with Crippen molar-refractivity contribution in [2.45, 2.75) is 13.8 Å². The molecule has 3 aromatic carbocycles. The molecule has 0 aliphatic rings. The summed E-state index contributed by atoms with van der Waals surface area (Å²) in [6.07, 6.45) is 1.69. The van der Waals surface area contributed by atoms with Crippen LogP contribution in [0.25, 0.3) is 22.2 Å². The van der Waals surface area contributed by atoms with Crippen LogP contribution in [0.15, 0.2) is 103 Å². The van der Waals surface area contributed by atoms with E-state index in [1.165, 1.54) is 4.90 Å². The van der Waals surface area contributed by atoms with Gasteiger partial charge in [-0.25, -0.2) is 9.88 Å². The van der Waals surface area contributed by atoms with Crippen molar-refractivity contribution in [1.29, 1.82) is 0 Å². The molecule has 0 atom stereocenters. The molecule has 0 unspecified atom stereocenters. The van der Waals surface area contributed by atoms with Crippen LogP contribution in [0.4, 0.5) is 5.82 Å². The highest BCUT2D eigenvalue weighted by molar-refractivity contribution is 6.27. The van der Waals surface area contributed by atoms with Crippen molar-refractivity contribution in [1.82, 2.24) is 9.97 Å². The fraction of sp³-hybridized carbons (Fsp3) is 0.0667. The Morgan fingerprint density at radius 1 is 0.657 bits per heavy atom. The average molecular weight is 458 g/mol. The number of aromatic nitrogens is 2. The van der Waals surface area contributed by atoms with Crippen LogP contribution in [-0.2, 0) is 0 Å². The predicted molar refractivity (Wildman–Crippen MR) is 138 cm³/mol. The molecule has 0 aliphatic carbocycles. The third-order valence-electron chi connectivity index (χ3n) is 5.75. The van der Waals surface area contributed by atoms with Gasteiger partial charge in [0.2, 0.25) is 0 Å². The Balaban J connectivity index is 1.77. The van der Waals surface area contributed by atoms with Gasteiger partial charge in [0.05, 0.1) is 11.4 Å². The van der Waals surface area contributed by atoms with E-state index < -0.39 is 11.8 Å². The molecule has 0 N–H and O–H groups in total. The van der Waals surface area contributed by atoms with Gasteiger partial charge in [-0.1, -0.05) is 65.7 Å². The normalized spacial score (nSPS) is 10.8. The highest BCUT2D eigenvalue weighted by atomic mass is 16.2. The molecule has 2 heterocycles. The van der Waals surface area contributed by atoms with Crippen molar-refractivity contribution in [2.75, 3.05) is 4.90 Å². The van der Waals surface area contributed by atoms with E-state index in [9.17, 15) is 9.59 Å². The molecule has 5 rings (SSSR count). The molecule has 5 heteroatoms. The number of anilines is 1. The van der Waals surface area contributed by atoms with Gasteiger partial charge in [0, 0.05) is 22.7 Å². The van der Waals surface area contributed by atoms with Gasteiger partial charge in [-0.2, -0.15) is 0 Å². The number of fused-ring (bicyclic) bond motifs is 1. The lowest BCUT2D eigenvalue weighted by Crippen LogP contribution is -2.38. The number of imide groups is 1. The Morgan fingerprint density at radius 2 is 1.31 bits per heavy atom. The van der Waals surface area contributed by atoms with Crippen molar-refractivity contribution in [3.8, 4) is 11.4 Å². The number of nitrogens with zero attached hydrogens (tertiary/aromatic N) is 3. The summed E-state index contributed by atoms with van der Waals surface area (Å²) in [6, 6.07) is 29.5. The molecule has 0 radical (unpaired) electrons. The summed E-state index contributed by atoms with van der Waals surface area (Å²) < 4.78 is 0. The van der Waals surface area contributed by atoms with Crippen molar-refractivity contribution in [2.24, 2.45) is 0 Å². The first-order valence-corrected chi connectivity index (χ1v) is 11.3. The molecule has 35 heavy (non-hydrogen) atoms. The summed E-state index contributed by atoms with van der Waals surface area (Å²) in [4.78, 5) is 38.3. The van der Waals surface area contributed by atoms with Crippen LogP contribution in [0.1, 0.15) is 31.8 Å². The quantitative estimate of drug-likeness (QED) is 0.293. The van der Waals surface area contributed by atoms with Crippen LogP contribution in [0.2, 0.25) is 0 Å². The summed E-state index contributed by atoms with van der Waals surface area (Å²) in [5.41, 5.74) is 3.96. The zero-order valence-electron chi connectivity index (χ0n) is 19.5. The van der Waals surface area contributed by atoms with Crippen molar-refractivity contribution in [3.05, 3.63) is 126 Å². The van der Waals surface area contributed by atoms with Crippen molar-refractivity contribution in [3.63, 3.8) is 0 Å². The standard InChI is InChI=1S/C30H23N3O2/c1-20-16-21(2)18-24(17-20)30(35)33(29(34)22-10-4-3-5-11-22)28-25-13-7-6-12-23(25)19-27(32-28)26-14-8-9-15-31-26/h3-19H,1-2H3. The third-order valence-corrected chi connectivity index (χ3v) is 5.75. The van der Waals surface area contributed by atoms with E-state index in [1.807, 2.05) is 74.5 Å². The Hall–Kier alpha value is -4.64. The Kier molecular flexibility index (Phi) is 5.90. The summed E-state index contributed by atoms with van der Waals surface area (Å²) in [6.45, 7) is 3.87. The van der Waals surface area contributed by atoms with Gasteiger partial charge >= 0.3 is 0 Å². The van der Waals surface area contributed by atoms with Gasteiger partial charge in [0.25, 0.3) is 11.8 Å². The SMILES string of the molecule is Cc1cc(C)cc(C(=O)N(C(=O)c2ccccc2)c2nc(-c3ccccn3)cc3ccccc23)c1. The summed E-state index contributed by atoms with van der Waals surface area (Å²) in [5.74, 6) is -0.589.